The summed E-state index contributed by atoms with van der Waals surface area (Å²) in [6, 6.07) is 17.4. The molecule has 0 aliphatic heterocycles. The second kappa shape index (κ2) is 10.4. The highest BCUT2D eigenvalue weighted by Gasteiger charge is 2.22. The average Bonchev–Trinajstić information content (AvgIpc) is 2.79. The molecule has 3 aromatic carbocycles. The number of sulfonamides is 2. The number of hydrogen-bond acceptors (Lipinski definition) is 6. The molecular formula is C24H27N3O6S2. The maximum Gasteiger partial charge on any atom is 0.261 e. The largest absolute Gasteiger partial charge is 0.497 e. The van der Waals surface area contributed by atoms with E-state index in [2.05, 4.69) is 10.0 Å². The second-order valence-corrected chi connectivity index (χ2v) is 11.5. The molecule has 0 aliphatic carbocycles. The number of ether oxygens (including phenoxy) is 1. The number of anilines is 3. The number of hydrogen-bond donors (Lipinski definition) is 2. The van der Waals surface area contributed by atoms with Crippen molar-refractivity contribution in [2.24, 2.45) is 0 Å². The van der Waals surface area contributed by atoms with Crippen LogP contribution in [0.3, 0.4) is 0 Å². The molecule has 186 valence electrons. The first kappa shape index (κ1) is 26.0. The Morgan fingerprint density at radius 3 is 2.09 bits per heavy atom. The first-order chi connectivity index (χ1) is 16.4. The van der Waals surface area contributed by atoms with E-state index in [0.717, 1.165) is 21.7 Å². The molecule has 35 heavy (non-hydrogen) atoms. The van der Waals surface area contributed by atoms with Crippen molar-refractivity contribution in [1.82, 2.24) is 0 Å². The molecule has 0 radical (unpaired) electrons. The summed E-state index contributed by atoms with van der Waals surface area (Å²) in [6.07, 6.45) is 1.00. The van der Waals surface area contributed by atoms with Crippen molar-refractivity contribution in [1.29, 1.82) is 0 Å². The predicted octanol–water partition coefficient (Wildman–Crippen LogP) is 3.52. The molecule has 0 aromatic heterocycles. The van der Waals surface area contributed by atoms with Gasteiger partial charge in [-0.2, -0.15) is 0 Å². The first-order valence-electron chi connectivity index (χ1n) is 10.5. The Morgan fingerprint density at radius 2 is 1.51 bits per heavy atom. The van der Waals surface area contributed by atoms with Crippen LogP contribution in [0, 0.1) is 13.8 Å². The molecule has 9 nitrogen and oxygen atoms in total. The Labute approximate surface area is 205 Å². The van der Waals surface area contributed by atoms with Gasteiger partial charge in [0.05, 0.1) is 29.6 Å². The summed E-state index contributed by atoms with van der Waals surface area (Å²) in [7, 11) is -6.15. The highest BCUT2D eigenvalue weighted by atomic mass is 32.2. The van der Waals surface area contributed by atoms with Crippen molar-refractivity contribution in [3.05, 3.63) is 77.9 Å². The maximum atomic E-state index is 12.8. The number of methoxy groups -OCH3 is 1. The molecule has 0 atom stereocenters. The highest BCUT2D eigenvalue weighted by molar-refractivity contribution is 7.92. The molecule has 0 aliphatic rings. The number of carbonyl (C=O) groups excluding carboxylic acids is 1. The fourth-order valence-corrected chi connectivity index (χ4v) is 5.43. The highest BCUT2D eigenvalue weighted by Crippen LogP contribution is 2.25. The molecule has 3 rings (SSSR count). The smallest absolute Gasteiger partial charge is 0.261 e. The number of carbonyl (C=O) groups is 1. The van der Waals surface area contributed by atoms with Gasteiger partial charge in [0, 0.05) is 11.8 Å². The third-order valence-electron chi connectivity index (χ3n) is 5.19. The number of rotatable bonds is 9. The summed E-state index contributed by atoms with van der Waals surface area (Å²) >= 11 is 0. The van der Waals surface area contributed by atoms with Gasteiger partial charge in [0.2, 0.25) is 15.9 Å². The van der Waals surface area contributed by atoms with Gasteiger partial charge in [-0.15, -0.1) is 0 Å². The normalized spacial score (nSPS) is 11.5. The zero-order chi connectivity index (χ0) is 25.8. The number of nitrogens with zero attached hydrogens (tertiary/aromatic N) is 1. The Balaban J connectivity index is 1.74. The number of amides is 1. The van der Waals surface area contributed by atoms with Gasteiger partial charge in [0.25, 0.3) is 10.0 Å². The van der Waals surface area contributed by atoms with Crippen molar-refractivity contribution < 1.29 is 26.4 Å². The van der Waals surface area contributed by atoms with Crippen molar-refractivity contribution in [2.75, 3.05) is 34.3 Å². The molecule has 11 heteroatoms. The molecule has 0 bridgehead atoms. The van der Waals surface area contributed by atoms with E-state index in [1.54, 1.807) is 18.2 Å². The summed E-state index contributed by atoms with van der Waals surface area (Å²) in [4.78, 5) is 12.6. The van der Waals surface area contributed by atoms with Crippen LogP contribution >= 0.6 is 0 Å². The van der Waals surface area contributed by atoms with E-state index >= 15 is 0 Å². The lowest BCUT2D eigenvalue weighted by Crippen LogP contribution is -2.37. The molecular weight excluding hydrogens is 490 g/mol. The van der Waals surface area contributed by atoms with Gasteiger partial charge in [-0.25, -0.2) is 16.8 Å². The summed E-state index contributed by atoms with van der Waals surface area (Å²) in [5.74, 6) is -0.148. The summed E-state index contributed by atoms with van der Waals surface area (Å²) in [5.41, 5.74) is 2.71. The van der Waals surface area contributed by atoms with Gasteiger partial charge in [0.15, 0.2) is 0 Å². The van der Waals surface area contributed by atoms with Crippen molar-refractivity contribution in [3.63, 3.8) is 0 Å². The third-order valence-corrected chi connectivity index (χ3v) is 7.70. The summed E-state index contributed by atoms with van der Waals surface area (Å²) in [6.45, 7) is 3.16. The zero-order valence-electron chi connectivity index (χ0n) is 19.8. The molecule has 2 N–H and O–H groups in total. The number of benzene rings is 3. The van der Waals surface area contributed by atoms with E-state index in [4.69, 9.17) is 4.74 Å². The van der Waals surface area contributed by atoms with E-state index in [9.17, 15) is 21.6 Å². The van der Waals surface area contributed by atoms with Crippen LogP contribution in [0.4, 0.5) is 17.1 Å². The van der Waals surface area contributed by atoms with Crippen LogP contribution in [0.2, 0.25) is 0 Å². The van der Waals surface area contributed by atoms with Crippen LogP contribution in [0.25, 0.3) is 0 Å². The second-order valence-electron chi connectivity index (χ2n) is 7.92. The number of para-hydroxylation sites is 1. The molecule has 0 spiro atoms. The maximum absolute atomic E-state index is 12.8. The standard InChI is InChI=1S/C24H27N3O6S2/c1-17-7-5-8-18(2)24(17)26-35(31,32)22-13-11-19(12-14-22)25-23(28)16-27(34(4,29)30)20-9-6-10-21(15-20)33-3/h5-15,26H,16H2,1-4H3,(H,25,28). The van der Waals surface area contributed by atoms with Crippen molar-refractivity contribution in [3.8, 4) is 5.75 Å². The summed E-state index contributed by atoms with van der Waals surface area (Å²) in [5, 5.41) is 2.60. The van der Waals surface area contributed by atoms with Gasteiger partial charge >= 0.3 is 0 Å². The average molecular weight is 518 g/mol. The lowest BCUT2D eigenvalue weighted by atomic mass is 10.1. The minimum Gasteiger partial charge on any atom is -0.497 e. The van der Waals surface area contributed by atoms with Crippen LogP contribution in [0.15, 0.2) is 71.6 Å². The van der Waals surface area contributed by atoms with Gasteiger partial charge in [0.1, 0.15) is 12.3 Å². The van der Waals surface area contributed by atoms with E-state index in [0.29, 0.717) is 17.1 Å². The topological polar surface area (TPSA) is 122 Å². The molecule has 0 unspecified atom stereocenters. The minimum atomic E-state index is -3.85. The lowest BCUT2D eigenvalue weighted by molar-refractivity contribution is -0.114. The predicted molar refractivity (Wildman–Crippen MR) is 137 cm³/mol. The van der Waals surface area contributed by atoms with E-state index in [1.165, 1.54) is 37.4 Å². The number of nitrogens with one attached hydrogen (secondary N) is 2. The van der Waals surface area contributed by atoms with Gasteiger partial charge in [-0.3, -0.25) is 13.8 Å². The Morgan fingerprint density at radius 1 is 0.914 bits per heavy atom. The van der Waals surface area contributed by atoms with E-state index in [-0.39, 0.29) is 10.6 Å². The van der Waals surface area contributed by atoms with Gasteiger partial charge < -0.3 is 10.1 Å². The fourth-order valence-electron chi connectivity index (χ4n) is 3.38. The SMILES string of the molecule is COc1cccc(N(CC(=O)Nc2ccc(S(=O)(=O)Nc3c(C)cccc3C)cc2)S(C)(=O)=O)c1. The Hall–Kier alpha value is -3.57. The lowest BCUT2D eigenvalue weighted by Gasteiger charge is -2.22. The summed E-state index contributed by atoms with van der Waals surface area (Å²) < 4.78 is 58.9. The minimum absolute atomic E-state index is 0.0206. The zero-order valence-corrected chi connectivity index (χ0v) is 21.4. The van der Waals surface area contributed by atoms with E-state index in [1.807, 2.05) is 32.0 Å². The van der Waals surface area contributed by atoms with Crippen LogP contribution in [-0.4, -0.2) is 42.7 Å². The van der Waals surface area contributed by atoms with Crippen LogP contribution < -0.4 is 19.1 Å². The monoisotopic (exact) mass is 517 g/mol. The number of aryl methyl sites for hydroxylation is 2. The molecule has 3 aromatic rings. The Bertz CT molecular complexity index is 1420. The van der Waals surface area contributed by atoms with Gasteiger partial charge in [-0.1, -0.05) is 24.3 Å². The molecule has 0 saturated carbocycles. The molecule has 0 heterocycles. The van der Waals surface area contributed by atoms with Crippen LogP contribution in [-0.2, 0) is 24.8 Å². The van der Waals surface area contributed by atoms with Crippen molar-refractivity contribution in [2.45, 2.75) is 18.7 Å². The van der Waals surface area contributed by atoms with Crippen LogP contribution in [0.1, 0.15) is 11.1 Å². The molecule has 0 fully saturated rings. The van der Waals surface area contributed by atoms with Gasteiger partial charge in [-0.05, 0) is 61.4 Å². The first-order valence-corrected chi connectivity index (χ1v) is 13.8. The molecule has 1 amide bonds. The third kappa shape index (κ3) is 6.52. The van der Waals surface area contributed by atoms with E-state index < -0.39 is 32.5 Å². The fraction of sp³-hybridized carbons (Fsp3) is 0.208. The van der Waals surface area contributed by atoms with Crippen molar-refractivity contribution >= 4 is 43.0 Å². The molecule has 0 saturated heterocycles. The Kier molecular flexibility index (Phi) is 7.71. The quantitative estimate of drug-likeness (QED) is 0.448. The van der Waals surface area contributed by atoms with Crippen LogP contribution in [0.5, 0.6) is 5.75 Å².